The van der Waals surface area contributed by atoms with E-state index < -0.39 is 0 Å². The van der Waals surface area contributed by atoms with Crippen molar-refractivity contribution in [3.63, 3.8) is 0 Å². The molecule has 0 saturated carbocycles. The van der Waals surface area contributed by atoms with Gasteiger partial charge in [0.05, 0.1) is 0 Å². The van der Waals surface area contributed by atoms with E-state index in [1.54, 1.807) is 0 Å². The molecule has 2 unspecified atom stereocenters. The number of nitrogens with zero attached hydrogens (tertiary/aromatic N) is 2. The molecule has 0 aliphatic carbocycles. The lowest BCUT2D eigenvalue weighted by Crippen LogP contribution is -2.62. The number of carbonyl (C=O) groups is 1. The summed E-state index contributed by atoms with van der Waals surface area (Å²) in [6.07, 6.45) is 0. The van der Waals surface area contributed by atoms with Crippen LogP contribution in [-0.4, -0.2) is 50.1 Å². The highest BCUT2D eigenvalue weighted by Crippen LogP contribution is 2.27. The van der Waals surface area contributed by atoms with Crippen LogP contribution in [0, 0.1) is 0 Å². The summed E-state index contributed by atoms with van der Waals surface area (Å²) in [5.41, 5.74) is 1.09. The lowest BCUT2D eigenvalue weighted by Gasteiger charge is -2.45. The standard InChI is InChI=1S/C14H20BrN3O/c1-10-9-17(3)14(19)13(8-16-2)18(10)12-6-4-5-11(15)7-12/h4-7,10,13,16H,8-9H2,1-3H3. The normalized spacial score (nSPS) is 23.9. The maximum Gasteiger partial charge on any atom is 0.246 e. The maximum absolute atomic E-state index is 12.4. The zero-order valence-corrected chi connectivity index (χ0v) is 13.1. The lowest BCUT2D eigenvalue weighted by molar-refractivity contribution is -0.133. The van der Waals surface area contributed by atoms with E-state index in [1.165, 1.54) is 0 Å². The minimum atomic E-state index is -0.145. The minimum absolute atomic E-state index is 0.145. The summed E-state index contributed by atoms with van der Waals surface area (Å²) in [5.74, 6) is 0.174. The van der Waals surface area contributed by atoms with Crippen molar-refractivity contribution >= 4 is 27.5 Å². The molecule has 19 heavy (non-hydrogen) atoms. The van der Waals surface area contributed by atoms with Gasteiger partial charge in [-0.05, 0) is 32.2 Å². The molecule has 0 bridgehead atoms. The van der Waals surface area contributed by atoms with E-state index in [4.69, 9.17) is 0 Å². The van der Waals surface area contributed by atoms with Crippen LogP contribution in [-0.2, 0) is 4.79 Å². The summed E-state index contributed by atoms with van der Waals surface area (Å²) < 4.78 is 1.03. The van der Waals surface area contributed by atoms with Gasteiger partial charge in [0.2, 0.25) is 5.91 Å². The number of hydrogen-bond donors (Lipinski definition) is 1. The van der Waals surface area contributed by atoms with Crippen molar-refractivity contribution < 1.29 is 4.79 Å². The van der Waals surface area contributed by atoms with Crippen LogP contribution in [0.5, 0.6) is 0 Å². The number of likely N-dealkylation sites (N-methyl/N-ethyl adjacent to an activating group) is 2. The molecule has 1 saturated heterocycles. The van der Waals surface area contributed by atoms with Gasteiger partial charge in [-0.25, -0.2) is 0 Å². The average molecular weight is 326 g/mol. The molecule has 1 aliphatic rings. The van der Waals surface area contributed by atoms with Gasteiger partial charge in [0.15, 0.2) is 0 Å². The molecule has 1 heterocycles. The Hall–Kier alpha value is -1.07. The van der Waals surface area contributed by atoms with Crippen molar-refractivity contribution in [1.82, 2.24) is 10.2 Å². The Labute approximate surface area is 122 Å². The number of rotatable bonds is 3. The van der Waals surface area contributed by atoms with Gasteiger partial charge in [-0.1, -0.05) is 22.0 Å². The quantitative estimate of drug-likeness (QED) is 0.918. The van der Waals surface area contributed by atoms with Gasteiger partial charge in [-0.15, -0.1) is 0 Å². The Morgan fingerprint density at radius 1 is 1.47 bits per heavy atom. The molecule has 2 atom stereocenters. The fourth-order valence-corrected chi connectivity index (χ4v) is 3.09. The zero-order valence-electron chi connectivity index (χ0n) is 11.6. The smallest absolute Gasteiger partial charge is 0.246 e. The van der Waals surface area contributed by atoms with E-state index in [0.717, 1.165) is 16.7 Å². The van der Waals surface area contributed by atoms with Crippen molar-refractivity contribution in [1.29, 1.82) is 0 Å². The van der Waals surface area contributed by atoms with Gasteiger partial charge in [-0.2, -0.15) is 0 Å². The second-order valence-electron chi connectivity index (χ2n) is 5.03. The minimum Gasteiger partial charge on any atom is -0.354 e. The van der Waals surface area contributed by atoms with E-state index in [-0.39, 0.29) is 11.9 Å². The third kappa shape index (κ3) is 2.92. The highest BCUT2D eigenvalue weighted by Gasteiger charge is 2.36. The second kappa shape index (κ2) is 5.92. The Morgan fingerprint density at radius 2 is 2.21 bits per heavy atom. The van der Waals surface area contributed by atoms with Crippen molar-refractivity contribution in [2.45, 2.75) is 19.0 Å². The summed E-state index contributed by atoms with van der Waals surface area (Å²) in [6, 6.07) is 8.29. The molecule has 1 aromatic carbocycles. The van der Waals surface area contributed by atoms with Crippen LogP contribution in [0.15, 0.2) is 28.7 Å². The summed E-state index contributed by atoms with van der Waals surface area (Å²) in [7, 11) is 3.76. The molecular weight excluding hydrogens is 306 g/mol. The molecule has 1 amide bonds. The Bertz CT molecular complexity index is 466. The van der Waals surface area contributed by atoms with Crippen LogP contribution >= 0.6 is 15.9 Å². The number of amides is 1. The van der Waals surface area contributed by atoms with Crippen molar-refractivity contribution in [3.8, 4) is 0 Å². The predicted octanol–water partition coefficient (Wildman–Crippen LogP) is 1.70. The fraction of sp³-hybridized carbons (Fsp3) is 0.500. The Morgan fingerprint density at radius 3 is 2.84 bits per heavy atom. The van der Waals surface area contributed by atoms with Crippen LogP contribution in [0.4, 0.5) is 5.69 Å². The molecule has 0 aromatic heterocycles. The first-order valence-corrected chi connectivity index (χ1v) is 7.27. The molecule has 1 aromatic rings. The number of carbonyl (C=O) groups excluding carboxylic acids is 1. The molecule has 1 aliphatic heterocycles. The first-order valence-electron chi connectivity index (χ1n) is 6.48. The van der Waals surface area contributed by atoms with E-state index in [1.807, 2.05) is 31.1 Å². The van der Waals surface area contributed by atoms with E-state index in [9.17, 15) is 4.79 Å². The maximum atomic E-state index is 12.4. The van der Waals surface area contributed by atoms with Crippen LogP contribution in [0.2, 0.25) is 0 Å². The lowest BCUT2D eigenvalue weighted by atomic mass is 10.0. The molecule has 104 valence electrons. The SMILES string of the molecule is CNCC1C(=O)N(C)CC(C)N1c1cccc(Br)c1. The fourth-order valence-electron chi connectivity index (χ4n) is 2.70. The third-order valence-electron chi connectivity index (χ3n) is 3.51. The number of hydrogen-bond acceptors (Lipinski definition) is 3. The molecule has 2 rings (SSSR count). The highest BCUT2D eigenvalue weighted by molar-refractivity contribution is 9.10. The molecular formula is C14H20BrN3O. The number of nitrogens with one attached hydrogen (secondary N) is 1. The topological polar surface area (TPSA) is 35.6 Å². The number of halogens is 1. The van der Waals surface area contributed by atoms with Gasteiger partial charge in [0.1, 0.15) is 6.04 Å². The molecule has 0 radical (unpaired) electrons. The summed E-state index contributed by atoms with van der Waals surface area (Å²) in [4.78, 5) is 16.4. The zero-order chi connectivity index (χ0) is 14.0. The monoisotopic (exact) mass is 325 g/mol. The van der Waals surface area contributed by atoms with Crippen LogP contribution in [0.3, 0.4) is 0 Å². The van der Waals surface area contributed by atoms with E-state index in [2.05, 4.69) is 45.2 Å². The summed E-state index contributed by atoms with van der Waals surface area (Å²) in [6.45, 7) is 3.57. The predicted molar refractivity (Wildman–Crippen MR) is 81.4 cm³/mol. The van der Waals surface area contributed by atoms with E-state index in [0.29, 0.717) is 12.6 Å². The van der Waals surface area contributed by atoms with Gasteiger partial charge in [0.25, 0.3) is 0 Å². The molecule has 1 N–H and O–H groups in total. The van der Waals surface area contributed by atoms with E-state index >= 15 is 0 Å². The van der Waals surface area contributed by atoms with Gasteiger partial charge < -0.3 is 15.1 Å². The summed E-state index contributed by atoms with van der Waals surface area (Å²) >= 11 is 3.50. The first-order chi connectivity index (χ1) is 9.04. The molecule has 1 fully saturated rings. The molecule has 5 heteroatoms. The van der Waals surface area contributed by atoms with Gasteiger partial charge in [0, 0.05) is 36.3 Å². The summed E-state index contributed by atoms with van der Waals surface area (Å²) in [5, 5.41) is 3.12. The number of anilines is 1. The number of piperazine rings is 1. The van der Waals surface area contributed by atoms with Gasteiger partial charge >= 0.3 is 0 Å². The van der Waals surface area contributed by atoms with Crippen LogP contribution < -0.4 is 10.2 Å². The second-order valence-corrected chi connectivity index (χ2v) is 5.94. The van der Waals surface area contributed by atoms with Crippen LogP contribution in [0.1, 0.15) is 6.92 Å². The largest absolute Gasteiger partial charge is 0.354 e. The highest BCUT2D eigenvalue weighted by atomic mass is 79.9. The van der Waals surface area contributed by atoms with Crippen molar-refractivity contribution in [2.75, 3.05) is 32.1 Å². The first kappa shape index (κ1) is 14.3. The number of benzene rings is 1. The van der Waals surface area contributed by atoms with Crippen molar-refractivity contribution in [2.24, 2.45) is 0 Å². The third-order valence-corrected chi connectivity index (χ3v) is 4.01. The average Bonchev–Trinajstić information content (AvgIpc) is 2.36. The van der Waals surface area contributed by atoms with Crippen LogP contribution in [0.25, 0.3) is 0 Å². The Balaban J connectivity index is 2.36. The van der Waals surface area contributed by atoms with Gasteiger partial charge in [-0.3, -0.25) is 4.79 Å². The van der Waals surface area contributed by atoms with Crippen molar-refractivity contribution in [3.05, 3.63) is 28.7 Å². The Kier molecular flexibility index (Phi) is 4.47. The molecule has 0 spiro atoms. The molecule has 4 nitrogen and oxygen atoms in total.